The Hall–Kier alpha value is -3.85. The number of benzene rings is 2. The first-order valence-corrected chi connectivity index (χ1v) is 10.1. The normalized spacial score (nSPS) is 11.0. The number of amides is 1. The lowest BCUT2D eigenvalue weighted by atomic mass is 10.2. The Morgan fingerprint density at radius 3 is 2.56 bits per heavy atom. The molecule has 0 aliphatic heterocycles. The highest BCUT2D eigenvalue weighted by Crippen LogP contribution is 2.19. The highest BCUT2D eigenvalue weighted by molar-refractivity contribution is 6.31. The zero-order valence-electron chi connectivity index (χ0n) is 16.9. The Labute approximate surface area is 185 Å². The molecule has 0 spiro atoms. The zero-order chi connectivity index (χ0) is 22.8. The van der Waals surface area contributed by atoms with Gasteiger partial charge in [0.05, 0.1) is 5.02 Å². The van der Waals surface area contributed by atoms with Crippen LogP contribution in [0.25, 0.3) is 22.4 Å². The van der Waals surface area contributed by atoms with Gasteiger partial charge in [-0.15, -0.1) is 0 Å². The molecule has 4 aromatic rings. The van der Waals surface area contributed by atoms with Crippen molar-refractivity contribution in [3.05, 3.63) is 86.4 Å². The van der Waals surface area contributed by atoms with E-state index in [1.807, 2.05) is 30.3 Å². The SMILES string of the molecule is CCn1c(=O)n(CC(=O)Nc2ccc(F)c(Cl)c2)c(=O)c2cnc(-c3ccccc3)nc21. The standard InChI is InChI=1S/C22H17ClFN5O3/c1-2-28-20-15(11-25-19(27-20)13-6-4-3-5-7-13)21(31)29(22(28)32)12-18(30)26-14-8-9-17(24)16(23)10-14/h3-11H,2,12H2,1H3,(H,26,30). The van der Waals surface area contributed by atoms with Crippen LogP contribution < -0.4 is 16.6 Å². The minimum absolute atomic E-state index is 0.115. The number of nitrogens with one attached hydrogen (secondary N) is 1. The molecule has 0 fully saturated rings. The van der Waals surface area contributed by atoms with Crippen LogP contribution in [-0.4, -0.2) is 25.0 Å². The van der Waals surface area contributed by atoms with Gasteiger partial charge >= 0.3 is 5.69 Å². The first-order valence-electron chi connectivity index (χ1n) is 9.69. The molecule has 2 aromatic carbocycles. The summed E-state index contributed by atoms with van der Waals surface area (Å²) in [6.45, 7) is 1.43. The van der Waals surface area contributed by atoms with Crippen molar-refractivity contribution < 1.29 is 9.18 Å². The molecule has 0 saturated heterocycles. The monoisotopic (exact) mass is 453 g/mol. The number of anilines is 1. The highest BCUT2D eigenvalue weighted by Gasteiger charge is 2.17. The van der Waals surface area contributed by atoms with Gasteiger partial charge in [-0.2, -0.15) is 0 Å². The van der Waals surface area contributed by atoms with Gasteiger partial charge in [0.1, 0.15) is 17.7 Å². The smallest absolute Gasteiger partial charge is 0.324 e. The molecule has 0 radical (unpaired) electrons. The molecule has 4 rings (SSSR count). The molecule has 8 nitrogen and oxygen atoms in total. The zero-order valence-corrected chi connectivity index (χ0v) is 17.6. The number of carbonyl (C=O) groups is 1. The fourth-order valence-electron chi connectivity index (χ4n) is 3.27. The minimum Gasteiger partial charge on any atom is -0.324 e. The number of carbonyl (C=O) groups excluding carboxylic acids is 1. The van der Waals surface area contributed by atoms with Crippen molar-refractivity contribution in [1.29, 1.82) is 0 Å². The summed E-state index contributed by atoms with van der Waals surface area (Å²) in [5.41, 5.74) is -0.178. The third-order valence-electron chi connectivity index (χ3n) is 4.81. The molecule has 0 saturated carbocycles. The number of nitrogens with zero attached hydrogens (tertiary/aromatic N) is 4. The van der Waals surface area contributed by atoms with Crippen LogP contribution in [0.4, 0.5) is 10.1 Å². The predicted octanol–water partition coefficient (Wildman–Crippen LogP) is 3.07. The molecule has 0 atom stereocenters. The van der Waals surface area contributed by atoms with Crippen molar-refractivity contribution >= 4 is 34.2 Å². The summed E-state index contributed by atoms with van der Waals surface area (Å²) in [7, 11) is 0. The molecule has 32 heavy (non-hydrogen) atoms. The van der Waals surface area contributed by atoms with Crippen molar-refractivity contribution in [3.63, 3.8) is 0 Å². The van der Waals surface area contributed by atoms with Gasteiger partial charge in [-0.3, -0.25) is 18.7 Å². The third-order valence-corrected chi connectivity index (χ3v) is 5.10. The van der Waals surface area contributed by atoms with E-state index in [4.69, 9.17) is 11.6 Å². The molecule has 2 aromatic heterocycles. The van der Waals surface area contributed by atoms with Crippen LogP contribution in [0.15, 0.2) is 64.3 Å². The van der Waals surface area contributed by atoms with Crippen LogP contribution in [0, 0.1) is 5.82 Å². The Morgan fingerprint density at radius 2 is 1.88 bits per heavy atom. The van der Waals surface area contributed by atoms with Crippen LogP contribution in [0.3, 0.4) is 0 Å². The Kier molecular flexibility index (Phi) is 5.83. The summed E-state index contributed by atoms with van der Waals surface area (Å²) < 4.78 is 15.4. The van der Waals surface area contributed by atoms with Gasteiger partial charge in [0.2, 0.25) is 5.91 Å². The lowest BCUT2D eigenvalue weighted by Gasteiger charge is -2.13. The van der Waals surface area contributed by atoms with Gasteiger partial charge in [-0.05, 0) is 25.1 Å². The first-order chi connectivity index (χ1) is 15.4. The molecule has 0 aliphatic rings. The second kappa shape index (κ2) is 8.72. The van der Waals surface area contributed by atoms with Gasteiger partial charge in [-0.1, -0.05) is 41.9 Å². The topological polar surface area (TPSA) is 98.9 Å². The number of hydrogen-bond donors (Lipinski definition) is 1. The van der Waals surface area contributed by atoms with E-state index in [1.54, 1.807) is 6.92 Å². The molecule has 0 unspecified atom stereocenters. The minimum atomic E-state index is -0.679. The van der Waals surface area contributed by atoms with Crippen LogP contribution in [0.1, 0.15) is 6.92 Å². The van der Waals surface area contributed by atoms with Gasteiger partial charge < -0.3 is 5.32 Å². The molecular weight excluding hydrogens is 437 g/mol. The Bertz CT molecular complexity index is 1450. The lowest BCUT2D eigenvalue weighted by Crippen LogP contribution is -2.42. The van der Waals surface area contributed by atoms with Crippen molar-refractivity contribution in [2.24, 2.45) is 0 Å². The molecule has 162 valence electrons. The molecular formula is C22H17ClFN5O3. The highest BCUT2D eigenvalue weighted by atomic mass is 35.5. The van der Waals surface area contributed by atoms with E-state index in [0.29, 0.717) is 5.82 Å². The van der Waals surface area contributed by atoms with Crippen LogP contribution in [0.2, 0.25) is 5.02 Å². The molecule has 10 heteroatoms. The maximum atomic E-state index is 13.3. The van der Waals surface area contributed by atoms with E-state index < -0.39 is 29.5 Å². The van der Waals surface area contributed by atoms with E-state index in [1.165, 1.54) is 22.9 Å². The van der Waals surface area contributed by atoms with Crippen molar-refractivity contribution in [1.82, 2.24) is 19.1 Å². The average Bonchev–Trinajstić information content (AvgIpc) is 2.80. The third kappa shape index (κ3) is 4.02. The van der Waals surface area contributed by atoms with Gasteiger partial charge in [0.25, 0.3) is 5.56 Å². The number of aryl methyl sites for hydroxylation is 1. The average molecular weight is 454 g/mol. The van der Waals surface area contributed by atoms with Crippen molar-refractivity contribution in [3.8, 4) is 11.4 Å². The number of fused-ring (bicyclic) bond motifs is 1. The van der Waals surface area contributed by atoms with E-state index >= 15 is 0 Å². The largest absolute Gasteiger partial charge is 0.333 e. The van der Waals surface area contributed by atoms with Gasteiger partial charge in [-0.25, -0.2) is 19.2 Å². The van der Waals surface area contributed by atoms with E-state index in [2.05, 4.69) is 15.3 Å². The molecule has 0 aliphatic carbocycles. The van der Waals surface area contributed by atoms with Gasteiger partial charge in [0.15, 0.2) is 11.5 Å². The second-order valence-electron chi connectivity index (χ2n) is 6.89. The van der Waals surface area contributed by atoms with Crippen LogP contribution >= 0.6 is 11.6 Å². The fraction of sp³-hybridized carbons (Fsp3) is 0.136. The number of rotatable bonds is 5. The molecule has 1 amide bonds. The maximum Gasteiger partial charge on any atom is 0.333 e. The molecule has 1 N–H and O–H groups in total. The van der Waals surface area contributed by atoms with Crippen LogP contribution in [-0.2, 0) is 17.9 Å². The predicted molar refractivity (Wildman–Crippen MR) is 119 cm³/mol. The Morgan fingerprint density at radius 1 is 1.12 bits per heavy atom. The number of halogens is 2. The summed E-state index contributed by atoms with van der Waals surface area (Å²) in [6, 6.07) is 12.8. The van der Waals surface area contributed by atoms with Crippen molar-refractivity contribution in [2.75, 3.05) is 5.32 Å². The van der Waals surface area contributed by atoms with Gasteiger partial charge in [0, 0.05) is 24.0 Å². The molecule has 2 heterocycles. The Balaban J connectivity index is 1.73. The summed E-state index contributed by atoms with van der Waals surface area (Å²) in [5, 5.41) is 2.45. The summed E-state index contributed by atoms with van der Waals surface area (Å²) in [4.78, 5) is 47.1. The summed E-state index contributed by atoms with van der Waals surface area (Å²) in [5.74, 6) is -0.894. The quantitative estimate of drug-likeness (QED) is 0.500. The first kappa shape index (κ1) is 21.4. The van der Waals surface area contributed by atoms with E-state index in [0.717, 1.165) is 16.2 Å². The summed E-state index contributed by atoms with van der Waals surface area (Å²) >= 11 is 5.72. The van der Waals surface area contributed by atoms with Crippen LogP contribution in [0.5, 0.6) is 0 Å². The van der Waals surface area contributed by atoms with Crippen molar-refractivity contribution in [2.45, 2.75) is 20.0 Å². The van der Waals surface area contributed by atoms with E-state index in [9.17, 15) is 18.8 Å². The fourth-order valence-corrected chi connectivity index (χ4v) is 3.45. The number of aromatic nitrogens is 4. The summed E-state index contributed by atoms with van der Waals surface area (Å²) in [6.07, 6.45) is 1.35. The molecule has 0 bridgehead atoms. The lowest BCUT2D eigenvalue weighted by molar-refractivity contribution is -0.116. The second-order valence-corrected chi connectivity index (χ2v) is 7.30. The maximum absolute atomic E-state index is 13.3. The number of hydrogen-bond acceptors (Lipinski definition) is 5. The van der Waals surface area contributed by atoms with E-state index in [-0.39, 0.29) is 28.3 Å².